The minimum absolute atomic E-state index is 0.0684. The molecule has 2 fully saturated rings. The average molecular weight is 422 g/mol. The summed E-state index contributed by atoms with van der Waals surface area (Å²) in [4.78, 5) is 23.1. The van der Waals surface area contributed by atoms with Gasteiger partial charge >= 0.3 is 0 Å². The molecule has 1 saturated carbocycles. The number of aromatic nitrogens is 4. The van der Waals surface area contributed by atoms with Crippen molar-refractivity contribution in [3.8, 4) is 0 Å². The maximum Gasteiger partial charge on any atom is 0.262 e. The molecule has 2 atom stereocenters. The monoisotopic (exact) mass is 421 g/mol. The lowest BCUT2D eigenvalue weighted by atomic mass is 9.97. The van der Waals surface area contributed by atoms with Gasteiger partial charge in [0.1, 0.15) is 11.2 Å². The van der Waals surface area contributed by atoms with Crippen molar-refractivity contribution in [1.82, 2.24) is 24.6 Å². The third-order valence-corrected chi connectivity index (χ3v) is 6.85. The molecule has 3 aromatic rings. The first-order valence-electron chi connectivity index (χ1n) is 11.5. The van der Waals surface area contributed by atoms with Gasteiger partial charge in [0.25, 0.3) is 5.56 Å². The number of nitrogens with zero attached hydrogens (tertiary/aromatic N) is 4. The van der Waals surface area contributed by atoms with Crippen molar-refractivity contribution in [3.05, 3.63) is 58.3 Å². The maximum atomic E-state index is 12.7. The van der Waals surface area contributed by atoms with Crippen molar-refractivity contribution in [2.45, 2.75) is 51.2 Å². The Hall–Kier alpha value is -2.51. The van der Waals surface area contributed by atoms with E-state index in [9.17, 15) is 4.79 Å². The van der Waals surface area contributed by atoms with E-state index in [0.29, 0.717) is 30.6 Å². The van der Waals surface area contributed by atoms with E-state index in [-0.39, 0.29) is 11.5 Å². The van der Waals surface area contributed by atoms with E-state index in [1.165, 1.54) is 18.4 Å². The summed E-state index contributed by atoms with van der Waals surface area (Å²) in [5.41, 5.74) is 1.88. The second-order valence-electron chi connectivity index (χ2n) is 9.10. The molecule has 7 heteroatoms. The van der Waals surface area contributed by atoms with Crippen LogP contribution in [0.3, 0.4) is 0 Å². The van der Waals surface area contributed by atoms with Gasteiger partial charge in [-0.2, -0.15) is 5.10 Å². The molecule has 1 aliphatic carbocycles. The molecule has 0 bridgehead atoms. The molecule has 3 heterocycles. The predicted octanol–water partition coefficient (Wildman–Crippen LogP) is 3.49. The molecular formula is C24H31N5O2. The highest BCUT2D eigenvalue weighted by Crippen LogP contribution is 2.33. The van der Waals surface area contributed by atoms with Gasteiger partial charge in [0.2, 0.25) is 0 Å². The number of fused-ring (bicyclic) bond motifs is 1. The van der Waals surface area contributed by atoms with Crippen LogP contribution in [0, 0.1) is 5.92 Å². The highest BCUT2D eigenvalue weighted by molar-refractivity contribution is 5.73. The van der Waals surface area contributed by atoms with Crippen LogP contribution in [0.15, 0.2) is 41.3 Å². The lowest BCUT2D eigenvalue weighted by molar-refractivity contribution is 0.0982. The van der Waals surface area contributed by atoms with E-state index >= 15 is 0 Å². The summed E-state index contributed by atoms with van der Waals surface area (Å²) in [6.07, 6.45) is 6.37. The SMILES string of the molecule is C[C@@H]1CN(CCOCc2ccccc2)C[C@H]1c1nc2c(cnn2C2CCCC2)c(=O)[nH]1. The van der Waals surface area contributed by atoms with Crippen molar-refractivity contribution in [3.63, 3.8) is 0 Å². The molecule has 2 aliphatic rings. The lowest BCUT2D eigenvalue weighted by Crippen LogP contribution is -2.25. The molecule has 31 heavy (non-hydrogen) atoms. The highest BCUT2D eigenvalue weighted by atomic mass is 16.5. The molecule has 5 rings (SSSR count). The molecular weight excluding hydrogens is 390 g/mol. The van der Waals surface area contributed by atoms with E-state index in [0.717, 1.165) is 43.9 Å². The van der Waals surface area contributed by atoms with Gasteiger partial charge in [0.15, 0.2) is 5.65 Å². The standard InChI is InChI=1S/C24H31N5O2/c1-17-14-28(11-12-31-16-18-7-3-2-4-8-18)15-21(17)22-26-23-20(24(30)27-22)13-25-29(23)19-9-5-6-10-19/h2-4,7-8,13,17,19,21H,5-6,9-12,14-16H2,1H3,(H,26,27,30)/t17-,21-/m1/s1. The Balaban J connectivity index is 1.25. The van der Waals surface area contributed by atoms with E-state index in [4.69, 9.17) is 9.72 Å². The zero-order valence-corrected chi connectivity index (χ0v) is 18.2. The molecule has 2 aromatic heterocycles. The zero-order chi connectivity index (χ0) is 21.2. The highest BCUT2D eigenvalue weighted by Gasteiger charge is 2.33. The first kappa shape index (κ1) is 20.4. The summed E-state index contributed by atoms with van der Waals surface area (Å²) < 4.78 is 7.87. The van der Waals surface area contributed by atoms with Gasteiger partial charge in [-0.3, -0.25) is 4.79 Å². The Bertz CT molecular complexity index is 1070. The third kappa shape index (κ3) is 4.29. The van der Waals surface area contributed by atoms with Gasteiger partial charge in [-0.15, -0.1) is 0 Å². The Morgan fingerprint density at radius 3 is 2.77 bits per heavy atom. The second-order valence-corrected chi connectivity index (χ2v) is 9.10. The van der Waals surface area contributed by atoms with E-state index in [2.05, 4.69) is 34.0 Å². The van der Waals surface area contributed by atoms with Crippen molar-refractivity contribution < 1.29 is 4.74 Å². The smallest absolute Gasteiger partial charge is 0.262 e. The number of benzene rings is 1. The van der Waals surface area contributed by atoms with E-state index < -0.39 is 0 Å². The molecule has 0 amide bonds. The van der Waals surface area contributed by atoms with Crippen LogP contribution in [0.2, 0.25) is 0 Å². The van der Waals surface area contributed by atoms with Crippen LogP contribution in [-0.2, 0) is 11.3 Å². The Morgan fingerprint density at radius 2 is 1.97 bits per heavy atom. The van der Waals surface area contributed by atoms with E-state index in [1.54, 1.807) is 6.20 Å². The summed E-state index contributed by atoms with van der Waals surface area (Å²) in [6.45, 7) is 6.36. The minimum Gasteiger partial charge on any atom is -0.375 e. The summed E-state index contributed by atoms with van der Waals surface area (Å²) in [6, 6.07) is 10.6. The number of hydrogen-bond acceptors (Lipinski definition) is 5. The Labute approximate surface area is 182 Å². The normalized spacial score (nSPS) is 22.6. The van der Waals surface area contributed by atoms with Crippen LogP contribution in [-0.4, -0.2) is 50.9 Å². The molecule has 164 valence electrons. The largest absolute Gasteiger partial charge is 0.375 e. The number of rotatable bonds is 7. The topological polar surface area (TPSA) is 76.0 Å². The number of H-pyrrole nitrogens is 1. The summed E-state index contributed by atoms with van der Waals surface area (Å²) in [5, 5.41) is 5.13. The van der Waals surface area contributed by atoms with Crippen LogP contribution in [0.1, 0.15) is 56.0 Å². The summed E-state index contributed by atoms with van der Waals surface area (Å²) in [5.74, 6) is 1.45. The van der Waals surface area contributed by atoms with Gasteiger partial charge in [-0.25, -0.2) is 9.67 Å². The molecule has 1 aromatic carbocycles. The molecule has 7 nitrogen and oxygen atoms in total. The van der Waals surface area contributed by atoms with Gasteiger partial charge in [0.05, 0.1) is 25.5 Å². The number of aromatic amines is 1. The van der Waals surface area contributed by atoms with Gasteiger partial charge in [0, 0.05) is 25.6 Å². The first-order chi connectivity index (χ1) is 15.2. The Morgan fingerprint density at radius 1 is 1.16 bits per heavy atom. The van der Waals surface area contributed by atoms with Crippen LogP contribution in [0.4, 0.5) is 0 Å². The molecule has 1 N–H and O–H groups in total. The fourth-order valence-electron chi connectivity index (χ4n) is 5.11. The zero-order valence-electron chi connectivity index (χ0n) is 18.2. The number of hydrogen-bond donors (Lipinski definition) is 1. The van der Waals surface area contributed by atoms with Crippen molar-refractivity contribution in [2.75, 3.05) is 26.2 Å². The lowest BCUT2D eigenvalue weighted by Gasteiger charge is -2.16. The molecule has 0 unspecified atom stereocenters. The molecule has 1 aliphatic heterocycles. The number of nitrogens with one attached hydrogen (secondary N) is 1. The van der Waals surface area contributed by atoms with Crippen molar-refractivity contribution >= 4 is 11.0 Å². The van der Waals surface area contributed by atoms with E-state index in [1.807, 2.05) is 22.9 Å². The van der Waals surface area contributed by atoms with Gasteiger partial charge in [-0.1, -0.05) is 50.1 Å². The van der Waals surface area contributed by atoms with Crippen molar-refractivity contribution in [1.29, 1.82) is 0 Å². The number of likely N-dealkylation sites (tertiary alicyclic amines) is 1. The Kier molecular flexibility index (Phi) is 5.87. The predicted molar refractivity (Wildman–Crippen MR) is 120 cm³/mol. The van der Waals surface area contributed by atoms with Gasteiger partial charge < -0.3 is 14.6 Å². The maximum absolute atomic E-state index is 12.7. The van der Waals surface area contributed by atoms with Crippen LogP contribution < -0.4 is 5.56 Å². The minimum atomic E-state index is -0.0684. The summed E-state index contributed by atoms with van der Waals surface area (Å²) >= 11 is 0. The average Bonchev–Trinajstić information content (AvgIpc) is 3.51. The fourth-order valence-corrected chi connectivity index (χ4v) is 5.11. The van der Waals surface area contributed by atoms with Crippen LogP contribution >= 0.6 is 0 Å². The third-order valence-electron chi connectivity index (χ3n) is 6.85. The number of ether oxygens (including phenoxy) is 1. The van der Waals surface area contributed by atoms with Crippen LogP contribution in [0.5, 0.6) is 0 Å². The summed E-state index contributed by atoms with van der Waals surface area (Å²) in [7, 11) is 0. The molecule has 1 saturated heterocycles. The molecule has 0 spiro atoms. The van der Waals surface area contributed by atoms with Crippen molar-refractivity contribution in [2.24, 2.45) is 5.92 Å². The first-order valence-corrected chi connectivity index (χ1v) is 11.5. The van der Waals surface area contributed by atoms with Gasteiger partial charge in [-0.05, 0) is 24.3 Å². The quantitative estimate of drug-likeness (QED) is 0.591. The second kappa shape index (κ2) is 8.93. The fraction of sp³-hybridized carbons (Fsp3) is 0.542. The van der Waals surface area contributed by atoms with Crippen LogP contribution in [0.25, 0.3) is 11.0 Å². The molecule has 0 radical (unpaired) electrons.